The first-order valence-electron chi connectivity index (χ1n) is 10.4. The molecule has 0 radical (unpaired) electrons. The second-order valence-corrected chi connectivity index (χ2v) is 10.00. The quantitative estimate of drug-likeness (QED) is 0.194. The molecule has 2 aromatic heterocycles. The van der Waals surface area contributed by atoms with E-state index in [1.807, 2.05) is 24.3 Å². The molecule has 3 aromatic rings. The Morgan fingerprint density at radius 1 is 1.17 bits per heavy atom. The van der Waals surface area contributed by atoms with Crippen molar-refractivity contribution in [2.45, 2.75) is 25.2 Å². The third-order valence-electron chi connectivity index (χ3n) is 4.78. The fourth-order valence-electron chi connectivity index (χ4n) is 3.05. The summed E-state index contributed by atoms with van der Waals surface area (Å²) < 4.78 is 18.1. The van der Waals surface area contributed by atoms with E-state index in [0.29, 0.717) is 28.8 Å². The highest BCUT2D eigenvalue weighted by Crippen LogP contribution is 2.34. The van der Waals surface area contributed by atoms with Crippen LogP contribution in [0.1, 0.15) is 31.4 Å². The Hall–Kier alpha value is -3.16. The minimum Gasteiger partial charge on any atom is -0.486 e. The van der Waals surface area contributed by atoms with Crippen molar-refractivity contribution in [3.63, 3.8) is 0 Å². The molecule has 0 fully saturated rings. The summed E-state index contributed by atoms with van der Waals surface area (Å²) in [4.78, 5) is 37.3. The summed E-state index contributed by atoms with van der Waals surface area (Å²) in [5, 5.41) is 11.8. The zero-order valence-corrected chi connectivity index (χ0v) is 22.9. The van der Waals surface area contributed by atoms with Crippen LogP contribution in [-0.2, 0) is 27.4 Å². The standard InChI is InChI=1S/C23H23BrN4O6S2/c1-5-10-28-16(11-34-15-8-6-14(24)7-9-15)26-27-23(28)35-12-17(29)25-20-18(21(30)32-3)13(2)19(36-20)22(31)33-4/h5-9H,1,10-12H2,2-4H3,(H,25,29). The largest absolute Gasteiger partial charge is 0.486 e. The number of rotatable bonds is 11. The summed E-state index contributed by atoms with van der Waals surface area (Å²) in [5.41, 5.74) is 0.492. The minimum absolute atomic E-state index is 0.0199. The summed E-state index contributed by atoms with van der Waals surface area (Å²) >= 11 is 5.50. The molecule has 3 rings (SSSR count). The molecule has 0 bridgehead atoms. The number of amides is 1. The zero-order valence-electron chi connectivity index (χ0n) is 19.7. The third kappa shape index (κ3) is 6.53. The van der Waals surface area contributed by atoms with Crippen LogP contribution in [0.4, 0.5) is 5.00 Å². The highest BCUT2D eigenvalue weighted by molar-refractivity contribution is 9.10. The van der Waals surface area contributed by atoms with Crippen LogP contribution >= 0.6 is 39.0 Å². The first-order valence-corrected chi connectivity index (χ1v) is 13.0. The Kier molecular flexibility index (Phi) is 9.67. The second kappa shape index (κ2) is 12.7. The maximum Gasteiger partial charge on any atom is 0.348 e. The van der Waals surface area contributed by atoms with Gasteiger partial charge in [-0.25, -0.2) is 9.59 Å². The highest BCUT2D eigenvalue weighted by atomic mass is 79.9. The lowest BCUT2D eigenvalue weighted by atomic mass is 10.1. The number of esters is 2. The molecule has 0 saturated heterocycles. The summed E-state index contributed by atoms with van der Waals surface area (Å²) in [5.74, 6) is -0.433. The molecule has 0 aliphatic carbocycles. The number of carbonyl (C=O) groups is 3. The number of ether oxygens (including phenoxy) is 3. The topological polar surface area (TPSA) is 122 Å². The van der Waals surface area contributed by atoms with Gasteiger partial charge in [-0.05, 0) is 36.8 Å². The number of hydrogen-bond acceptors (Lipinski definition) is 10. The van der Waals surface area contributed by atoms with E-state index in [9.17, 15) is 14.4 Å². The molecule has 0 unspecified atom stereocenters. The predicted molar refractivity (Wildman–Crippen MR) is 140 cm³/mol. The fourth-order valence-corrected chi connectivity index (χ4v) is 5.21. The lowest BCUT2D eigenvalue weighted by Gasteiger charge is -2.09. The molecule has 1 N–H and O–H groups in total. The Morgan fingerprint density at radius 3 is 2.50 bits per heavy atom. The van der Waals surface area contributed by atoms with Crippen LogP contribution in [0.3, 0.4) is 0 Å². The number of nitrogens with one attached hydrogen (secondary N) is 1. The van der Waals surface area contributed by atoms with Gasteiger partial charge in [0.2, 0.25) is 5.91 Å². The van der Waals surface area contributed by atoms with E-state index in [0.717, 1.165) is 15.8 Å². The van der Waals surface area contributed by atoms with E-state index in [2.05, 4.69) is 38.0 Å². The van der Waals surface area contributed by atoms with Crippen molar-refractivity contribution in [1.82, 2.24) is 14.8 Å². The van der Waals surface area contributed by atoms with Crippen LogP contribution in [-0.4, -0.2) is 52.6 Å². The van der Waals surface area contributed by atoms with Crippen molar-refractivity contribution < 1.29 is 28.6 Å². The molecule has 0 aliphatic rings. The molecule has 1 aromatic carbocycles. The van der Waals surface area contributed by atoms with Crippen molar-refractivity contribution in [2.75, 3.05) is 25.3 Å². The monoisotopic (exact) mass is 594 g/mol. The van der Waals surface area contributed by atoms with Crippen molar-refractivity contribution in [3.05, 3.63) is 63.2 Å². The SMILES string of the molecule is C=CCn1c(COc2ccc(Br)cc2)nnc1SCC(=O)Nc1sc(C(=O)OC)c(C)c1C(=O)OC. The number of anilines is 1. The molecule has 1 amide bonds. The fraction of sp³-hybridized carbons (Fsp3) is 0.261. The normalized spacial score (nSPS) is 10.6. The van der Waals surface area contributed by atoms with Gasteiger partial charge in [0.1, 0.15) is 22.2 Å². The van der Waals surface area contributed by atoms with E-state index in [-0.39, 0.29) is 27.8 Å². The molecular formula is C23H23BrN4O6S2. The number of benzene rings is 1. The van der Waals surface area contributed by atoms with E-state index in [1.165, 1.54) is 26.0 Å². The van der Waals surface area contributed by atoms with E-state index in [1.54, 1.807) is 17.6 Å². The van der Waals surface area contributed by atoms with E-state index in [4.69, 9.17) is 14.2 Å². The van der Waals surface area contributed by atoms with Gasteiger partial charge < -0.3 is 19.5 Å². The van der Waals surface area contributed by atoms with E-state index < -0.39 is 17.8 Å². The summed E-state index contributed by atoms with van der Waals surface area (Å²) in [6, 6.07) is 7.41. The lowest BCUT2D eigenvalue weighted by Crippen LogP contribution is -2.16. The number of hydrogen-bond donors (Lipinski definition) is 1. The van der Waals surface area contributed by atoms with E-state index >= 15 is 0 Å². The molecular weight excluding hydrogens is 572 g/mol. The Labute approximate surface area is 224 Å². The number of thiophene rings is 1. The molecule has 0 spiro atoms. The van der Waals surface area contributed by atoms with Crippen molar-refractivity contribution in [2.24, 2.45) is 0 Å². The van der Waals surface area contributed by atoms with Gasteiger partial charge in [0.25, 0.3) is 0 Å². The highest BCUT2D eigenvalue weighted by Gasteiger charge is 2.27. The molecule has 0 saturated carbocycles. The second-order valence-electron chi connectivity index (χ2n) is 7.12. The molecule has 2 heterocycles. The molecule has 0 aliphatic heterocycles. The average molecular weight is 595 g/mol. The van der Waals surface area contributed by atoms with Crippen molar-refractivity contribution in [3.8, 4) is 5.75 Å². The van der Waals surface area contributed by atoms with Gasteiger partial charge in [-0.2, -0.15) is 0 Å². The maximum absolute atomic E-state index is 12.7. The molecule has 10 nitrogen and oxygen atoms in total. The van der Waals surface area contributed by atoms with Gasteiger partial charge in [0, 0.05) is 11.0 Å². The number of nitrogens with zero attached hydrogens (tertiary/aromatic N) is 3. The van der Waals surface area contributed by atoms with Crippen LogP contribution in [0, 0.1) is 6.92 Å². The first-order chi connectivity index (χ1) is 17.3. The number of aromatic nitrogens is 3. The van der Waals surface area contributed by atoms with Gasteiger partial charge >= 0.3 is 11.9 Å². The van der Waals surface area contributed by atoms with Gasteiger partial charge in [0.05, 0.1) is 25.5 Å². The Bertz CT molecular complexity index is 1270. The summed E-state index contributed by atoms with van der Waals surface area (Å²) in [6.07, 6.45) is 1.70. The van der Waals surface area contributed by atoms with Gasteiger partial charge in [-0.1, -0.05) is 33.8 Å². The van der Waals surface area contributed by atoms with Crippen LogP contribution in [0.25, 0.3) is 0 Å². The first kappa shape index (κ1) is 27.4. The number of halogens is 1. The van der Waals surface area contributed by atoms with Gasteiger partial charge in [-0.3, -0.25) is 9.36 Å². The predicted octanol–water partition coefficient (Wildman–Crippen LogP) is 4.48. The van der Waals surface area contributed by atoms with Crippen LogP contribution in [0.2, 0.25) is 0 Å². The minimum atomic E-state index is -0.664. The zero-order chi connectivity index (χ0) is 26.2. The summed E-state index contributed by atoms with van der Waals surface area (Å²) in [7, 11) is 2.47. The van der Waals surface area contributed by atoms with Crippen LogP contribution in [0.5, 0.6) is 5.75 Å². The lowest BCUT2D eigenvalue weighted by molar-refractivity contribution is -0.113. The average Bonchev–Trinajstić information content (AvgIpc) is 3.41. The summed E-state index contributed by atoms with van der Waals surface area (Å²) in [6.45, 7) is 5.97. The molecule has 36 heavy (non-hydrogen) atoms. The van der Waals surface area contributed by atoms with Crippen molar-refractivity contribution in [1.29, 1.82) is 0 Å². The smallest absolute Gasteiger partial charge is 0.348 e. The van der Waals surface area contributed by atoms with Gasteiger partial charge in [-0.15, -0.1) is 28.1 Å². The molecule has 13 heteroatoms. The number of methoxy groups -OCH3 is 2. The van der Waals surface area contributed by atoms with Crippen LogP contribution < -0.4 is 10.1 Å². The Morgan fingerprint density at radius 2 is 1.86 bits per heavy atom. The number of thioether (sulfide) groups is 1. The number of allylic oxidation sites excluding steroid dienone is 1. The van der Waals surface area contributed by atoms with Crippen LogP contribution in [0.15, 0.2) is 46.5 Å². The van der Waals surface area contributed by atoms with Gasteiger partial charge in [0.15, 0.2) is 11.0 Å². The third-order valence-corrected chi connectivity index (χ3v) is 7.46. The molecule has 190 valence electrons. The molecule has 0 atom stereocenters. The Balaban J connectivity index is 1.70. The number of carbonyl (C=O) groups excluding carboxylic acids is 3. The van der Waals surface area contributed by atoms with Crippen molar-refractivity contribution >= 4 is 61.9 Å². The maximum atomic E-state index is 12.7.